The number of rotatable bonds is 2. The molecule has 1 aromatic carbocycles. The van der Waals surface area contributed by atoms with Gasteiger partial charge in [-0.25, -0.2) is 0 Å². The van der Waals surface area contributed by atoms with Crippen LogP contribution in [0.25, 0.3) is 0 Å². The third kappa shape index (κ3) is 3.44. The van der Waals surface area contributed by atoms with E-state index in [4.69, 9.17) is 11.6 Å². The number of hydrogen-bond donors (Lipinski definition) is 1. The summed E-state index contributed by atoms with van der Waals surface area (Å²) < 4.78 is 0.905. The number of benzene rings is 1. The van der Waals surface area contributed by atoms with Crippen LogP contribution in [-0.2, 0) is 0 Å². The molecule has 1 N–H and O–H groups in total. The van der Waals surface area contributed by atoms with Gasteiger partial charge in [0.1, 0.15) is 5.54 Å². The first-order valence-electron chi connectivity index (χ1n) is 6.64. The fraction of sp³-hybridized carbons (Fsp3) is 0.467. The second-order valence-corrected chi connectivity index (χ2v) is 7.03. The zero-order valence-corrected chi connectivity index (χ0v) is 14.2. The lowest BCUT2D eigenvalue weighted by Crippen LogP contribution is -2.49. The molecule has 1 aliphatic rings. The molecule has 0 spiro atoms. The summed E-state index contributed by atoms with van der Waals surface area (Å²) in [4.78, 5) is 12.3. The number of amides is 1. The Balaban J connectivity index is 2.13. The van der Waals surface area contributed by atoms with Gasteiger partial charge in [-0.05, 0) is 72.4 Å². The lowest BCUT2D eigenvalue weighted by Gasteiger charge is -2.34. The third-order valence-electron chi connectivity index (χ3n) is 3.88. The molecule has 1 saturated carbocycles. The van der Waals surface area contributed by atoms with E-state index in [0.717, 1.165) is 16.4 Å². The molecule has 0 aliphatic heterocycles. The fourth-order valence-corrected chi connectivity index (χ4v) is 2.96. The highest BCUT2D eigenvalue weighted by molar-refractivity contribution is 14.1. The lowest BCUT2D eigenvalue weighted by atomic mass is 9.78. The molecular weight excluding hydrogens is 387 g/mol. The van der Waals surface area contributed by atoms with Crippen molar-refractivity contribution in [2.24, 2.45) is 5.92 Å². The van der Waals surface area contributed by atoms with Gasteiger partial charge in [0.25, 0.3) is 5.91 Å². The van der Waals surface area contributed by atoms with Crippen molar-refractivity contribution in [3.05, 3.63) is 32.4 Å². The van der Waals surface area contributed by atoms with E-state index in [-0.39, 0.29) is 5.91 Å². The maximum atomic E-state index is 12.3. The van der Waals surface area contributed by atoms with Gasteiger partial charge in [0.05, 0.1) is 11.1 Å². The third-order valence-corrected chi connectivity index (χ3v) is 5.45. The zero-order valence-electron chi connectivity index (χ0n) is 11.2. The molecule has 1 amide bonds. The second kappa shape index (κ2) is 6.31. The zero-order chi connectivity index (χ0) is 14.8. The summed E-state index contributed by atoms with van der Waals surface area (Å²) in [6.45, 7) is 2.18. The van der Waals surface area contributed by atoms with Crippen LogP contribution in [0, 0.1) is 20.8 Å². The van der Waals surface area contributed by atoms with Gasteiger partial charge in [0.15, 0.2) is 0 Å². The number of carbonyl (C=O) groups excluding carboxylic acids is 1. The van der Waals surface area contributed by atoms with E-state index in [1.54, 1.807) is 18.2 Å². The Bertz CT molecular complexity index is 559. The molecular formula is C15H16ClIN2O. The summed E-state index contributed by atoms with van der Waals surface area (Å²) in [6.07, 6.45) is 3.38. The molecule has 2 rings (SSSR count). The van der Waals surface area contributed by atoms with Gasteiger partial charge in [-0.15, -0.1) is 0 Å². The van der Waals surface area contributed by atoms with Crippen LogP contribution < -0.4 is 5.32 Å². The largest absolute Gasteiger partial charge is 0.334 e. The van der Waals surface area contributed by atoms with Crippen molar-refractivity contribution < 1.29 is 4.79 Å². The van der Waals surface area contributed by atoms with Gasteiger partial charge in [-0.2, -0.15) is 5.26 Å². The van der Waals surface area contributed by atoms with Crippen LogP contribution >= 0.6 is 34.2 Å². The molecule has 20 heavy (non-hydrogen) atoms. The van der Waals surface area contributed by atoms with Gasteiger partial charge in [-0.1, -0.05) is 18.5 Å². The van der Waals surface area contributed by atoms with Crippen molar-refractivity contribution >= 4 is 40.1 Å². The standard InChI is InChI=1S/C15H16ClIN2O/c1-10-4-6-15(9-18,7-5-10)19-14(20)11-2-3-13(17)12(16)8-11/h2-3,8,10H,4-7H2,1H3,(H,19,20). The minimum absolute atomic E-state index is 0.223. The van der Waals surface area contributed by atoms with E-state index in [2.05, 4.69) is 40.9 Å². The van der Waals surface area contributed by atoms with Crippen molar-refractivity contribution in [1.82, 2.24) is 5.32 Å². The Morgan fingerprint density at radius 2 is 2.15 bits per heavy atom. The number of carbonyl (C=O) groups is 1. The van der Waals surface area contributed by atoms with E-state index in [1.165, 1.54) is 0 Å². The predicted octanol–water partition coefficient (Wildman–Crippen LogP) is 4.15. The van der Waals surface area contributed by atoms with Gasteiger partial charge in [0.2, 0.25) is 0 Å². The summed E-state index contributed by atoms with van der Waals surface area (Å²) in [5.74, 6) is 0.403. The molecule has 0 unspecified atom stereocenters. The molecule has 5 heteroatoms. The molecule has 0 bridgehead atoms. The number of nitrogens with one attached hydrogen (secondary N) is 1. The lowest BCUT2D eigenvalue weighted by molar-refractivity contribution is 0.0894. The minimum atomic E-state index is -0.723. The summed E-state index contributed by atoms with van der Waals surface area (Å²) >= 11 is 8.15. The van der Waals surface area contributed by atoms with Crippen LogP contribution in [0.1, 0.15) is 43.0 Å². The average molecular weight is 403 g/mol. The number of nitriles is 1. The molecule has 0 heterocycles. The molecule has 106 valence electrons. The molecule has 0 saturated heterocycles. The number of nitrogens with zero attached hydrogens (tertiary/aromatic N) is 1. The Morgan fingerprint density at radius 3 is 2.70 bits per heavy atom. The maximum absolute atomic E-state index is 12.3. The van der Waals surface area contributed by atoms with Gasteiger partial charge in [-0.3, -0.25) is 4.79 Å². The monoisotopic (exact) mass is 402 g/mol. The maximum Gasteiger partial charge on any atom is 0.252 e. The number of halogens is 2. The molecule has 1 aromatic rings. The van der Waals surface area contributed by atoms with E-state index < -0.39 is 5.54 Å². The first-order valence-corrected chi connectivity index (χ1v) is 8.10. The van der Waals surface area contributed by atoms with Crippen molar-refractivity contribution in [2.75, 3.05) is 0 Å². The van der Waals surface area contributed by atoms with E-state index >= 15 is 0 Å². The van der Waals surface area contributed by atoms with Crippen LogP contribution in [0.3, 0.4) is 0 Å². The van der Waals surface area contributed by atoms with Crippen molar-refractivity contribution in [2.45, 2.75) is 38.1 Å². The first kappa shape index (κ1) is 15.6. The van der Waals surface area contributed by atoms with Gasteiger partial charge < -0.3 is 5.32 Å². The second-order valence-electron chi connectivity index (χ2n) is 5.46. The van der Waals surface area contributed by atoms with E-state index in [1.807, 2.05) is 0 Å². The smallest absolute Gasteiger partial charge is 0.252 e. The minimum Gasteiger partial charge on any atom is -0.334 e. The van der Waals surface area contributed by atoms with Crippen molar-refractivity contribution in [1.29, 1.82) is 5.26 Å². The average Bonchev–Trinajstić information content (AvgIpc) is 2.44. The predicted molar refractivity (Wildman–Crippen MR) is 87.6 cm³/mol. The van der Waals surface area contributed by atoms with Crippen molar-refractivity contribution in [3.8, 4) is 6.07 Å². The highest BCUT2D eigenvalue weighted by atomic mass is 127. The topological polar surface area (TPSA) is 52.9 Å². The normalized spacial score (nSPS) is 25.8. The quantitative estimate of drug-likeness (QED) is 0.756. The van der Waals surface area contributed by atoms with Crippen molar-refractivity contribution in [3.63, 3.8) is 0 Å². The molecule has 0 atom stereocenters. The van der Waals surface area contributed by atoms with Crippen LogP contribution in [-0.4, -0.2) is 11.4 Å². The number of hydrogen-bond acceptors (Lipinski definition) is 2. The van der Waals surface area contributed by atoms with Gasteiger partial charge >= 0.3 is 0 Å². The van der Waals surface area contributed by atoms with Crippen LogP contribution in [0.4, 0.5) is 0 Å². The highest BCUT2D eigenvalue weighted by Crippen LogP contribution is 2.31. The fourth-order valence-electron chi connectivity index (χ4n) is 2.45. The Kier molecular flexibility index (Phi) is 4.92. The van der Waals surface area contributed by atoms with E-state index in [0.29, 0.717) is 29.3 Å². The summed E-state index contributed by atoms with van der Waals surface area (Å²) in [5.41, 5.74) is -0.220. The summed E-state index contributed by atoms with van der Waals surface area (Å²) in [5, 5.41) is 12.9. The van der Waals surface area contributed by atoms with Crippen LogP contribution in [0.15, 0.2) is 18.2 Å². The first-order chi connectivity index (χ1) is 9.46. The van der Waals surface area contributed by atoms with Crippen LogP contribution in [0.2, 0.25) is 5.02 Å². The Hall–Kier alpha value is -0.800. The Morgan fingerprint density at radius 1 is 1.50 bits per heavy atom. The Labute approximate surface area is 137 Å². The van der Waals surface area contributed by atoms with Crippen LogP contribution in [0.5, 0.6) is 0 Å². The molecule has 1 fully saturated rings. The molecule has 3 nitrogen and oxygen atoms in total. The van der Waals surface area contributed by atoms with E-state index in [9.17, 15) is 10.1 Å². The SMILES string of the molecule is CC1CCC(C#N)(NC(=O)c2ccc(I)c(Cl)c2)CC1. The summed E-state index contributed by atoms with van der Waals surface area (Å²) in [7, 11) is 0. The molecule has 0 radical (unpaired) electrons. The summed E-state index contributed by atoms with van der Waals surface area (Å²) in [6, 6.07) is 7.49. The highest BCUT2D eigenvalue weighted by Gasteiger charge is 2.35. The molecule has 0 aromatic heterocycles. The van der Waals surface area contributed by atoms with Gasteiger partial charge in [0, 0.05) is 9.13 Å². The molecule has 1 aliphatic carbocycles.